The van der Waals surface area contributed by atoms with E-state index in [1.807, 2.05) is 6.07 Å². The molecule has 0 bridgehead atoms. The van der Waals surface area contributed by atoms with E-state index >= 15 is 0 Å². The molecule has 4 rings (SSSR count). The summed E-state index contributed by atoms with van der Waals surface area (Å²) < 4.78 is 11.6. The third-order valence-electron chi connectivity index (χ3n) is 6.29. The van der Waals surface area contributed by atoms with Gasteiger partial charge in [-0.05, 0) is 62.0 Å². The summed E-state index contributed by atoms with van der Waals surface area (Å²) in [6.07, 6.45) is 5.50. The molecule has 0 aromatic heterocycles. The van der Waals surface area contributed by atoms with Gasteiger partial charge in [0.2, 0.25) is 0 Å². The van der Waals surface area contributed by atoms with Crippen LogP contribution in [-0.2, 0) is 11.1 Å². The van der Waals surface area contributed by atoms with Crippen molar-refractivity contribution < 1.29 is 24.2 Å². The van der Waals surface area contributed by atoms with Crippen molar-refractivity contribution in [3.8, 4) is 5.75 Å². The van der Waals surface area contributed by atoms with Crippen molar-refractivity contribution in [3.63, 3.8) is 0 Å². The quantitative estimate of drug-likeness (QED) is 0.447. The number of benzene rings is 1. The Balaban J connectivity index is 1.37. The predicted octanol–water partition coefficient (Wildman–Crippen LogP) is 0.602. The third-order valence-corrected chi connectivity index (χ3v) is 6.29. The van der Waals surface area contributed by atoms with Crippen LogP contribution < -0.4 is 21.0 Å². The van der Waals surface area contributed by atoms with Gasteiger partial charge in [0, 0.05) is 19.1 Å². The topological polar surface area (TPSA) is 126 Å². The molecule has 1 unspecified atom stereocenters. The molecule has 3 aliphatic rings. The van der Waals surface area contributed by atoms with Crippen LogP contribution in [0.5, 0.6) is 5.75 Å². The first-order chi connectivity index (χ1) is 13.5. The monoisotopic (exact) mass is 390 g/mol. The number of hydrogen-bond donors (Lipinski definition) is 5. The highest BCUT2D eigenvalue weighted by atomic mass is 16.7. The van der Waals surface area contributed by atoms with Crippen LogP contribution in [0.3, 0.4) is 0 Å². The lowest BCUT2D eigenvalue weighted by molar-refractivity contribution is 0.0690. The number of fused-ring (bicyclic) bond motifs is 2. The number of nitrogens with two attached hydrogens (primary N) is 1. The standard InChI is InChI=1S/C19H29BN3O5/c21-8-9-22-14-6-4-12(5-7-14)10-17-23-16-11-13-2-1-3-15(19(24)25)18(13)28-20(16,26)27-17/h1-3,12,14,16-17,22-23,26H,4-11,21H2,(H,24,25)/q-1/t12?,14?,16-,17?,20-/m0/s1. The Morgan fingerprint density at radius 3 is 2.82 bits per heavy atom. The van der Waals surface area contributed by atoms with Crippen molar-refractivity contribution in [2.75, 3.05) is 13.1 Å². The Bertz CT molecular complexity index is 728. The molecule has 1 aromatic rings. The van der Waals surface area contributed by atoms with Gasteiger partial charge in [0.25, 0.3) is 0 Å². The van der Waals surface area contributed by atoms with E-state index in [4.69, 9.17) is 15.0 Å². The summed E-state index contributed by atoms with van der Waals surface area (Å²) in [7, 11) is 0. The summed E-state index contributed by atoms with van der Waals surface area (Å²) in [4.78, 5) is 11.5. The zero-order valence-corrected chi connectivity index (χ0v) is 16.0. The van der Waals surface area contributed by atoms with Crippen molar-refractivity contribution in [1.82, 2.24) is 10.6 Å². The molecule has 2 fully saturated rings. The van der Waals surface area contributed by atoms with Crippen LogP contribution in [0.2, 0.25) is 0 Å². The highest BCUT2D eigenvalue weighted by Crippen LogP contribution is 2.38. The number of carbonyl (C=O) groups is 1. The highest BCUT2D eigenvalue weighted by Gasteiger charge is 2.49. The highest BCUT2D eigenvalue weighted by molar-refractivity contribution is 6.63. The van der Waals surface area contributed by atoms with Gasteiger partial charge >= 0.3 is 12.7 Å². The maximum absolute atomic E-state index is 11.5. The van der Waals surface area contributed by atoms with E-state index in [1.54, 1.807) is 6.07 Å². The summed E-state index contributed by atoms with van der Waals surface area (Å²) >= 11 is 0. The zero-order chi connectivity index (χ0) is 19.7. The van der Waals surface area contributed by atoms with Gasteiger partial charge in [0.05, 0.1) is 17.5 Å². The van der Waals surface area contributed by atoms with Crippen molar-refractivity contribution in [2.24, 2.45) is 11.7 Å². The Hall–Kier alpha value is -1.65. The van der Waals surface area contributed by atoms with Gasteiger partial charge in [-0.2, -0.15) is 0 Å². The fourth-order valence-electron chi connectivity index (χ4n) is 4.82. The SMILES string of the molecule is NCCNC1CCC(CC2N[C@H]3Cc4cccc(C(=O)O)c4O[B@@-]3(O)O2)CC1. The number of rotatable bonds is 6. The average Bonchev–Trinajstić information content (AvgIpc) is 2.99. The molecular weight excluding hydrogens is 361 g/mol. The Labute approximate surface area is 164 Å². The predicted molar refractivity (Wildman–Crippen MR) is 105 cm³/mol. The van der Waals surface area contributed by atoms with Crippen molar-refractivity contribution >= 4 is 12.7 Å². The molecule has 2 aliphatic heterocycles. The number of hydrogen-bond acceptors (Lipinski definition) is 7. The number of aromatic carboxylic acids is 1. The maximum Gasteiger partial charge on any atom is 0.450 e. The van der Waals surface area contributed by atoms with Gasteiger partial charge in [-0.15, -0.1) is 0 Å². The molecule has 9 heteroatoms. The smallest absolute Gasteiger partial charge is 0.450 e. The Morgan fingerprint density at radius 2 is 2.11 bits per heavy atom. The minimum absolute atomic E-state index is 0.0570. The van der Waals surface area contributed by atoms with Gasteiger partial charge < -0.3 is 35.8 Å². The molecule has 8 nitrogen and oxygen atoms in total. The zero-order valence-electron chi connectivity index (χ0n) is 16.0. The summed E-state index contributed by atoms with van der Waals surface area (Å²) in [5, 5.41) is 27.2. The van der Waals surface area contributed by atoms with Crippen molar-refractivity contribution in [2.45, 2.75) is 56.7 Å². The van der Waals surface area contributed by atoms with Gasteiger partial charge in [0.15, 0.2) is 0 Å². The molecular formula is C19H29BN3O5-. The first kappa shape index (κ1) is 19.7. The van der Waals surface area contributed by atoms with Crippen LogP contribution in [0.4, 0.5) is 0 Å². The van der Waals surface area contributed by atoms with Gasteiger partial charge in [-0.25, -0.2) is 4.79 Å². The minimum atomic E-state index is -2.59. The number of nitrogens with one attached hydrogen (secondary N) is 2. The number of para-hydroxylation sites is 1. The van der Waals surface area contributed by atoms with Crippen LogP contribution in [0.25, 0.3) is 0 Å². The molecule has 1 saturated heterocycles. The summed E-state index contributed by atoms with van der Waals surface area (Å²) in [5.41, 5.74) is 6.39. The summed E-state index contributed by atoms with van der Waals surface area (Å²) in [6, 6.07) is 5.56. The van der Waals surface area contributed by atoms with E-state index in [2.05, 4.69) is 10.6 Å². The van der Waals surface area contributed by atoms with Gasteiger partial charge in [-0.3, -0.25) is 0 Å². The molecule has 154 valence electrons. The Morgan fingerprint density at radius 1 is 1.32 bits per heavy atom. The van der Waals surface area contributed by atoms with Crippen LogP contribution in [-0.4, -0.2) is 54.2 Å². The van der Waals surface area contributed by atoms with Crippen molar-refractivity contribution in [3.05, 3.63) is 29.3 Å². The molecule has 0 amide bonds. The molecule has 1 aromatic carbocycles. The summed E-state index contributed by atoms with van der Waals surface area (Å²) in [5.74, 6) is -0.672. The summed E-state index contributed by atoms with van der Waals surface area (Å²) in [6.45, 7) is -1.07. The van der Waals surface area contributed by atoms with Gasteiger partial charge in [-0.1, -0.05) is 12.1 Å². The second-order valence-corrected chi connectivity index (χ2v) is 8.24. The van der Waals surface area contributed by atoms with Crippen LogP contribution in [0, 0.1) is 5.92 Å². The number of carboxylic acid groups (broad SMARTS) is 1. The van der Waals surface area contributed by atoms with Crippen LogP contribution >= 0.6 is 0 Å². The molecule has 3 atom stereocenters. The molecule has 0 spiro atoms. The fourth-order valence-corrected chi connectivity index (χ4v) is 4.82. The lowest BCUT2D eigenvalue weighted by Crippen LogP contribution is -2.58. The lowest BCUT2D eigenvalue weighted by Gasteiger charge is -2.41. The van der Waals surface area contributed by atoms with E-state index in [0.29, 0.717) is 24.9 Å². The van der Waals surface area contributed by atoms with E-state index in [-0.39, 0.29) is 23.5 Å². The van der Waals surface area contributed by atoms with E-state index in [1.165, 1.54) is 6.07 Å². The van der Waals surface area contributed by atoms with E-state index in [9.17, 15) is 14.9 Å². The number of carboxylic acids is 1. The second kappa shape index (κ2) is 8.00. The van der Waals surface area contributed by atoms with Gasteiger partial charge in [0.1, 0.15) is 0 Å². The lowest BCUT2D eigenvalue weighted by atomic mass is 9.65. The molecule has 1 saturated carbocycles. The molecule has 6 N–H and O–H groups in total. The van der Waals surface area contributed by atoms with Crippen molar-refractivity contribution in [1.29, 1.82) is 0 Å². The van der Waals surface area contributed by atoms with Crippen LogP contribution in [0.1, 0.15) is 48.0 Å². The largest absolute Gasteiger partial charge is 0.668 e. The Kier molecular flexibility index (Phi) is 5.62. The van der Waals surface area contributed by atoms with Crippen LogP contribution in [0.15, 0.2) is 18.2 Å². The molecule has 28 heavy (non-hydrogen) atoms. The fraction of sp³-hybridized carbons (Fsp3) is 0.632. The van der Waals surface area contributed by atoms with E-state index in [0.717, 1.165) is 44.2 Å². The maximum atomic E-state index is 11.5. The third kappa shape index (κ3) is 3.90. The van der Waals surface area contributed by atoms with E-state index < -0.39 is 12.7 Å². The average molecular weight is 390 g/mol. The second-order valence-electron chi connectivity index (χ2n) is 8.24. The molecule has 2 heterocycles. The first-order valence-electron chi connectivity index (χ1n) is 10.3. The normalized spacial score (nSPS) is 34.4. The molecule has 0 radical (unpaired) electrons. The first-order valence-corrected chi connectivity index (χ1v) is 10.3. The minimum Gasteiger partial charge on any atom is -0.668 e. The molecule has 1 aliphatic carbocycles.